The van der Waals surface area contributed by atoms with E-state index in [1.165, 1.54) is 0 Å². The number of ether oxygens (including phenoxy) is 2. The van der Waals surface area contributed by atoms with E-state index in [9.17, 15) is 4.79 Å². The van der Waals surface area contributed by atoms with Gasteiger partial charge in [0.15, 0.2) is 12.1 Å². The Hall–Kier alpha value is -0.670. The van der Waals surface area contributed by atoms with Gasteiger partial charge in [-0.2, -0.15) is 0 Å². The first-order chi connectivity index (χ1) is 6.49. The number of allylic oxidation sites excluding steroid dienone is 2. The maximum atomic E-state index is 11.4. The van der Waals surface area contributed by atoms with E-state index in [0.29, 0.717) is 6.42 Å². The first-order valence-corrected chi connectivity index (χ1v) is 4.97. The second-order valence-electron chi connectivity index (χ2n) is 4.00. The molecule has 1 unspecified atom stereocenters. The molecular formula is C11H18O3. The molecular weight excluding hydrogens is 180 g/mol. The van der Waals surface area contributed by atoms with Crippen molar-refractivity contribution in [2.75, 3.05) is 0 Å². The zero-order valence-corrected chi connectivity index (χ0v) is 9.24. The van der Waals surface area contributed by atoms with Gasteiger partial charge in [-0.25, -0.2) is 0 Å². The Kier molecular flexibility index (Phi) is 3.84. The Bertz CT molecular complexity index is 231. The molecule has 1 aliphatic heterocycles. The summed E-state index contributed by atoms with van der Waals surface area (Å²) in [4.78, 5) is 11.4. The lowest BCUT2D eigenvalue weighted by atomic mass is 10.2. The van der Waals surface area contributed by atoms with Gasteiger partial charge in [-0.05, 0) is 33.8 Å². The standard InChI is InChI=1S/C11H18O3/c1-7(2)5-10(12)6-11-13-8(3)9(4)14-11/h5,8-9,11H,6H2,1-4H3/t8-,9+,11?. The molecule has 0 aromatic carbocycles. The largest absolute Gasteiger partial charge is 0.347 e. The zero-order chi connectivity index (χ0) is 10.7. The normalized spacial score (nSPS) is 31.6. The highest BCUT2D eigenvalue weighted by Crippen LogP contribution is 2.20. The maximum Gasteiger partial charge on any atom is 0.165 e. The first-order valence-electron chi connectivity index (χ1n) is 4.97. The van der Waals surface area contributed by atoms with Gasteiger partial charge in [0.05, 0.1) is 18.6 Å². The molecule has 0 N–H and O–H groups in total. The molecule has 0 saturated carbocycles. The molecule has 3 atom stereocenters. The smallest absolute Gasteiger partial charge is 0.165 e. The molecule has 1 rings (SSSR count). The van der Waals surface area contributed by atoms with Gasteiger partial charge < -0.3 is 9.47 Å². The van der Waals surface area contributed by atoms with Gasteiger partial charge in [0.1, 0.15) is 0 Å². The highest BCUT2D eigenvalue weighted by Gasteiger charge is 2.30. The van der Waals surface area contributed by atoms with E-state index in [1.54, 1.807) is 6.08 Å². The second kappa shape index (κ2) is 4.71. The van der Waals surface area contributed by atoms with Crippen molar-refractivity contribution >= 4 is 5.78 Å². The predicted molar refractivity (Wildman–Crippen MR) is 53.9 cm³/mol. The van der Waals surface area contributed by atoms with Crippen molar-refractivity contribution in [3.05, 3.63) is 11.6 Å². The molecule has 3 nitrogen and oxygen atoms in total. The summed E-state index contributed by atoms with van der Waals surface area (Å²) in [5.41, 5.74) is 1.01. The van der Waals surface area contributed by atoms with Crippen molar-refractivity contribution in [2.24, 2.45) is 0 Å². The minimum absolute atomic E-state index is 0.0660. The van der Waals surface area contributed by atoms with Crippen LogP contribution in [0.25, 0.3) is 0 Å². The average Bonchev–Trinajstić information content (AvgIpc) is 2.28. The molecule has 1 fully saturated rings. The van der Waals surface area contributed by atoms with Crippen LogP contribution in [0.2, 0.25) is 0 Å². The molecule has 0 amide bonds. The molecule has 1 saturated heterocycles. The quantitative estimate of drug-likeness (QED) is 0.651. The molecule has 0 radical (unpaired) electrons. The van der Waals surface area contributed by atoms with Crippen LogP contribution >= 0.6 is 0 Å². The summed E-state index contributed by atoms with van der Waals surface area (Å²) in [5, 5.41) is 0. The maximum absolute atomic E-state index is 11.4. The number of hydrogen-bond donors (Lipinski definition) is 0. The molecule has 0 aliphatic carbocycles. The summed E-state index contributed by atoms with van der Waals surface area (Å²) in [7, 11) is 0. The fraction of sp³-hybridized carbons (Fsp3) is 0.727. The minimum Gasteiger partial charge on any atom is -0.347 e. The highest BCUT2D eigenvalue weighted by atomic mass is 16.7. The summed E-state index contributed by atoms with van der Waals surface area (Å²) in [5.74, 6) is 0.0660. The molecule has 1 aliphatic rings. The Morgan fingerprint density at radius 2 is 1.71 bits per heavy atom. The highest BCUT2D eigenvalue weighted by molar-refractivity contribution is 5.90. The van der Waals surface area contributed by atoms with Crippen LogP contribution in [0, 0.1) is 0 Å². The lowest BCUT2D eigenvalue weighted by Gasteiger charge is -2.06. The predicted octanol–water partition coefficient (Wildman–Crippen LogP) is 2.06. The van der Waals surface area contributed by atoms with Crippen LogP contribution in [-0.2, 0) is 14.3 Å². The number of carbonyl (C=O) groups is 1. The Labute approximate surface area is 85.1 Å². The van der Waals surface area contributed by atoms with Gasteiger partial charge in [-0.1, -0.05) is 5.57 Å². The molecule has 3 heteroatoms. The summed E-state index contributed by atoms with van der Waals surface area (Å²) < 4.78 is 10.9. The van der Waals surface area contributed by atoms with Crippen molar-refractivity contribution in [1.29, 1.82) is 0 Å². The van der Waals surface area contributed by atoms with Crippen molar-refractivity contribution in [3.8, 4) is 0 Å². The van der Waals surface area contributed by atoms with Crippen LogP contribution in [0.4, 0.5) is 0 Å². The zero-order valence-electron chi connectivity index (χ0n) is 9.24. The third-order valence-electron chi connectivity index (χ3n) is 2.21. The molecule has 0 aromatic rings. The SMILES string of the molecule is CC(C)=CC(=O)CC1O[C@@H](C)[C@@H](C)O1. The van der Waals surface area contributed by atoms with Crippen LogP contribution in [0.15, 0.2) is 11.6 Å². The first kappa shape index (κ1) is 11.4. The van der Waals surface area contributed by atoms with Gasteiger partial charge in [0.2, 0.25) is 0 Å². The van der Waals surface area contributed by atoms with Crippen LogP contribution < -0.4 is 0 Å². The molecule has 14 heavy (non-hydrogen) atoms. The van der Waals surface area contributed by atoms with Gasteiger partial charge in [0, 0.05) is 0 Å². The fourth-order valence-electron chi connectivity index (χ4n) is 1.37. The third-order valence-corrected chi connectivity index (χ3v) is 2.21. The van der Waals surface area contributed by atoms with Crippen LogP contribution in [0.1, 0.15) is 34.1 Å². The van der Waals surface area contributed by atoms with E-state index in [2.05, 4.69) is 0 Å². The van der Waals surface area contributed by atoms with E-state index in [-0.39, 0.29) is 24.3 Å². The van der Waals surface area contributed by atoms with Crippen molar-refractivity contribution < 1.29 is 14.3 Å². The van der Waals surface area contributed by atoms with Gasteiger partial charge in [-0.3, -0.25) is 4.79 Å². The third kappa shape index (κ3) is 3.24. The molecule has 1 heterocycles. The van der Waals surface area contributed by atoms with Crippen molar-refractivity contribution in [2.45, 2.75) is 52.6 Å². The number of carbonyl (C=O) groups excluding carboxylic acids is 1. The van der Waals surface area contributed by atoms with Crippen LogP contribution in [0.3, 0.4) is 0 Å². The van der Waals surface area contributed by atoms with Crippen molar-refractivity contribution in [1.82, 2.24) is 0 Å². The summed E-state index contributed by atoms with van der Waals surface area (Å²) >= 11 is 0. The molecule has 80 valence electrons. The average molecular weight is 198 g/mol. The Morgan fingerprint density at radius 3 is 2.14 bits per heavy atom. The number of hydrogen-bond acceptors (Lipinski definition) is 3. The van der Waals surface area contributed by atoms with Crippen LogP contribution in [0.5, 0.6) is 0 Å². The molecule has 0 aromatic heterocycles. The van der Waals surface area contributed by atoms with Gasteiger partial charge in [0.25, 0.3) is 0 Å². The van der Waals surface area contributed by atoms with E-state index in [0.717, 1.165) is 5.57 Å². The lowest BCUT2D eigenvalue weighted by molar-refractivity contribution is -0.124. The van der Waals surface area contributed by atoms with Crippen molar-refractivity contribution in [3.63, 3.8) is 0 Å². The van der Waals surface area contributed by atoms with Gasteiger partial charge in [-0.15, -0.1) is 0 Å². The number of ketones is 1. The van der Waals surface area contributed by atoms with E-state index >= 15 is 0 Å². The second-order valence-corrected chi connectivity index (χ2v) is 4.00. The van der Waals surface area contributed by atoms with Gasteiger partial charge >= 0.3 is 0 Å². The topological polar surface area (TPSA) is 35.5 Å². The monoisotopic (exact) mass is 198 g/mol. The molecule has 0 spiro atoms. The summed E-state index contributed by atoms with van der Waals surface area (Å²) in [6.07, 6.45) is 1.75. The van der Waals surface area contributed by atoms with E-state index < -0.39 is 0 Å². The summed E-state index contributed by atoms with van der Waals surface area (Å²) in [6, 6.07) is 0. The summed E-state index contributed by atoms with van der Waals surface area (Å²) in [6.45, 7) is 7.71. The number of rotatable bonds is 3. The van der Waals surface area contributed by atoms with E-state index in [1.807, 2.05) is 27.7 Å². The van der Waals surface area contributed by atoms with Crippen LogP contribution in [-0.4, -0.2) is 24.3 Å². The Balaban J connectivity index is 2.40. The minimum atomic E-state index is -0.358. The lowest BCUT2D eigenvalue weighted by Crippen LogP contribution is -2.14. The molecule has 0 bridgehead atoms. The van der Waals surface area contributed by atoms with E-state index in [4.69, 9.17) is 9.47 Å². The fourth-order valence-corrected chi connectivity index (χ4v) is 1.37. The Morgan fingerprint density at radius 1 is 1.21 bits per heavy atom.